The summed E-state index contributed by atoms with van der Waals surface area (Å²) in [7, 11) is 0. The summed E-state index contributed by atoms with van der Waals surface area (Å²) in [5, 5.41) is 12.5. The first-order valence-corrected chi connectivity index (χ1v) is 18.7. The first-order valence-electron chi connectivity index (χ1n) is 17.8. The smallest absolute Gasteiger partial charge is 0.313 e. The number of nitrogens with zero attached hydrogens (tertiary/aromatic N) is 3. The molecule has 0 aliphatic carbocycles. The third kappa shape index (κ3) is 8.02. The normalized spacial score (nSPS) is 28.5. The number of ether oxygens (including phenoxy) is 3. The zero-order chi connectivity index (χ0) is 35.8. The van der Waals surface area contributed by atoms with Gasteiger partial charge in [-0.2, -0.15) is 0 Å². The molecule has 4 fully saturated rings. The fourth-order valence-electron chi connectivity index (χ4n) is 7.96. The molecule has 1 spiro atoms. The van der Waals surface area contributed by atoms with Gasteiger partial charge in [-0.1, -0.05) is 58.4 Å². The molecule has 2 bridgehead atoms. The monoisotopic (exact) mass is 758 g/mol. The van der Waals surface area contributed by atoms with E-state index in [2.05, 4.69) is 39.3 Å². The van der Waals surface area contributed by atoms with Crippen LogP contribution in [0.2, 0.25) is 0 Å². The highest BCUT2D eigenvalue weighted by Gasteiger charge is 2.77. The van der Waals surface area contributed by atoms with E-state index in [0.29, 0.717) is 64.1 Å². The van der Waals surface area contributed by atoms with E-state index in [4.69, 9.17) is 14.2 Å². The summed E-state index contributed by atoms with van der Waals surface area (Å²) in [5.74, 6) is -3.28. The van der Waals surface area contributed by atoms with Crippen LogP contribution in [0.1, 0.15) is 50.7 Å². The summed E-state index contributed by atoms with van der Waals surface area (Å²) in [4.78, 5) is 61.5. The van der Waals surface area contributed by atoms with E-state index in [-0.39, 0.29) is 42.1 Å². The van der Waals surface area contributed by atoms with Gasteiger partial charge in [-0.15, -0.1) is 13.2 Å². The largest absolute Gasteiger partial charge is 0.455 e. The number of amides is 3. The van der Waals surface area contributed by atoms with Crippen molar-refractivity contribution in [3.8, 4) is 0 Å². The van der Waals surface area contributed by atoms with Gasteiger partial charge in [0, 0.05) is 57.1 Å². The Balaban J connectivity index is 1.43. The summed E-state index contributed by atoms with van der Waals surface area (Å²) in [6.07, 6.45) is 3.91. The molecule has 4 saturated heterocycles. The van der Waals surface area contributed by atoms with E-state index in [1.54, 1.807) is 28.9 Å². The van der Waals surface area contributed by atoms with Crippen molar-refractivity contribution in [1.82, 2.24) is 20.0 Å². The van der Waals surface area contributed by atoms with Crippen LogP contribution in [0.4, 0.5) is 0 Å². The highest BCUT2D eigenvalue weighted by molar-refractivity contribution is 9.09. The van der Waals surface area contributed by atoms with E-state index in [1.807, 2.05) is 30.3 Å². The number of allylic oxidation sites excluding steroid dienone is 1. The predicted octanol–water partition coefficient (Wildman–Crippen LogP) is 2.61. The maximum absolute atomic E-state index is 14.7. The molecule has 3 amide bonds. The van der Waals surface area contributed by atoms with Crippen LogP contribution in [-0.2, 0) is 33.4 Å². The molecule has 2 N–H and O–H groups in total. The molecule has 5 rings (SSSR count). The summed E-state index contributed by atoms with van der Waals surface area (Å²) < 4.78 is 18.5. The van der Waals surface area contributed by atoms with Gasteiger partial charge in [-0.3, -0.25) is 24.1 Å². The van der Waals surface area contributed by atoms with Crippen LogP contribution in [0.25, 0.3) is 0 Å². The lowest BCUT2D eigenvalue weighted by Crippen LogP contribution is -2.57. The Morgan fingerprint density at radius 3 is 2.58 bits per heavy atom. The molecule has 12 nitrogen and oxygen atoms in total. The average Bonchev–Trinajstić information content (AvgIpc) is 3.71. The molecule has 1 unspecified atom stereocenters. The van der Waals surface area contributed by atoms with Crippen LogP contribution < -0.4 is 5.32 Å². The lowest BCUT2D eigenvalue weighted by Gasteiger charge is -2.38. The maximum atomic E-state index is 14.7. The number of halogens is 1. The molecule has 4 heterocycles. The van der Waals surface area contributed by atoms with E-state index in [1.165, 1.54) is 0 Å². The number of morpholine rings is 1. The molecule has 0 radical (unpaired) electrons. The SMILES string of the molecule is C=CCCC(=O)N[C@H](C)[C@@H](OC(=O)[C@H]1[C@@H]2O[C@@]3(CC2Br)[C@@H]1C(=O)N(CCCCO)[C@@H]3C(=O)N(CC=C)CCN1CCOCC1)c1ccccc1. The van der Waals surface area contributed by atoms with E-state index < -0.39 is 47.7 Å². The zero-order valence-electron chi connectivity index (χ0n) is 28.9. The molecular formula is C37H51BrN4O8. The predicted molar refractivity (Wildman–Crippen MR) is 190 cm³/mol. The number of likely N-dealkylation sites (tertiary alicyclic amines) is 1. The van der Waals surface area contributed by atoms with Gasteiger partial charge in [0.25, 0.3) is 0 Å². The summed E-state index contributed by atoms with van der Waals surface area (Å²) in [6, 6.07) is 7.66. The Hall–Kier alpha value is -3.10. The second kappa shape index (κ2) is 17.4. The number of aliphatic hydroxyl groups excluding tert-OH is 1. The maximum Gasteiger partial charge on any atom is 0.313 e. The van der Waals surface area contributed by atoms with Gasteiger partial charge in [0.2, 0.25) is 17.7 Å². The number of esters is 1. The number of alkyl halides is 1. The number of benzene rings is 1. The number of aliphatic hydroxyl groups is 1. The van der Waals surface area contributed by atoms with Crippen molar-refractivity contribution in [2.24, 2.45) is 11.8 Å². The summed E-state index contributed by atoms with van der Waals surface area (Å²) in [5.41, 5.74) is -0.551. The number of unbranched alkanes of at least 4 members (excludes halogenated alkanes) is 1. The minimum Gasteiger partial charge on any atom is -0.455 e. The number of fused-ring (bicyclic) bond motifs is 1. The highest BCUT2D eigenvalue weighted by atomic mass is 79.9. The van der Waals surface area contributed by atoms with Crippen molar-refractivity contribution >= 4 is 39.6 Å². The molecule has 50 heavy (non-hydrogen) atoms. The number of carbonyl (C=O) groups is 4. The molecule has 4 aliphatic rings. The first kappa shape index (κ1) is 38.1. The van der Waals surface area contributed by atoms with Gasteiger partial charge >= 0.3 is 5.97 Å². The van der Waals surface area contributed by atoms with Gasteiger partial charge in [0.05, 0.1) is 37.2 Å². The van der Waals surface area contributed by atoms with Crippen molar-refractivity contribution in [1.29, 1.82) is 0 Å². The lowest BCUT2D eigenvalue weighted by atomic mass is 9.70. The van der Waals surface area contributed by atoms with E-state index in [9.17, 15) is 24.3 Å². The molecule has 274 valence electrons. The third-order valence-corrected chi connectivity index (χ3v) is 11.2. The minimum absolute atomic E-state index is 0.0441. The number of nitrogens with one attached hydrogen (secondary N) is 1. The highest BCUT2D eigenvalue weighted by Crippen LogP contribution is 2.60. The third-order valence-electron chi connectivity index (χ3n) is 10.3. The van der Waals surface area contributed by atoms with E-state index >= 15 is 0 Å². The molecular weight excluding hydrogens is 708 g/mol. The zero-order valence-corrected chi connectivity index (χ0v) is 30.5. The number of hydrogen-bond acceptors (Lipinski definition) is 9. The van der Waals surface area contributed by atoms with Crippen molar-refractivity contribution in [3.63, 3.8) is 0 Å². The second-order valence-electron chi connectivity index (χ2n) is 13.6. The Kier molecular flexibility index (Phi) is 13.3. The molecule has 4 aliphatic heterocycles. The van der Waals surface area contributed by atoms with Crippen molar-refractivity contribution in [2.45, 2.75) is 73.7 Å². The van der Waals surface area contributed by atoms with Gasteiger partial charge in [0.15, 0.2) is 0 Å². The molecule has 0 saturated carbocycles. The minimum atomic E-state index is -1.25. The average molecular weight is 760 g/mol. The van der Waals surface area contributed by atoms with Crippen LogP contribution >= 0.6 is 15.9 Å². The number of hydrogen-bond donors (Lipinski definition) is 2. The lowest BCUT2D eigenvalue weighted by molar-refractivity contribution is -0.162. The Morgan fingerprint density at radius 2 is 1.90 bits per heavy atom. The second-order valence-corrected chi connectivity index (χ2v) is 14.8. The number of carbonyl (C=O) groups excluding carboxylic acids is 4. The van der Waals surface area contributed by atoms with Crippen LogP contribution in [0.5, 0.6) is 0 Å². The molecule has 8 atom stereocenters. The van der Waals surface area contributed by atoms with Crippen LogP contribution in [-0.4, -0.2) is 131 Å². The molecule has 0 aromatic heterocycles. The summed E-state index contributed by atoms with van der Waals surface area (Å²) in [6.45, 7) is 13.8. The fraction of sp³-hybridized carbons (Fsp3) is 0.622. The van der Waals surface area contributed by atoms with Crippen molar-refractivity contribution in [3.05, 3.63) is 61.2 Å². The summed E-state index contributed by atoms with van der Waals surface area (Å²) >= 11 is 3.74. The van der Waals surface area contributed by atoms with Crippen LogP contribution in [0.3, 0.4) is 0 Å². The Bertz CT molecular complexity index is 1380. The van der Waals surface area contributed by atoms with Gasteiger partial charge in [-0.25, -0.2) is 0 Å². The molecule has 1 aromatic rings. The van der Waals surface area contributed by atoms with Crippen molar-refractivity contribution in [2.75, 3.05) is 59.1 Å². The Morgan fingerprint density at radius 1 is 1.16 bits per heavy atom. The Labute approximate surface area is 303 Å². The van der Waals surface area contributed by atoms with Crippen LogP contribution in [0.15, 0.2) is 55.6 Å². The van der Waals surface area contributed by atoms with Crippen molar-refractivity contribution < 1.29 is 38.5 Å². The number of rotatable bonds is 18. The standard InChI is InChI=1S/C37H51BrN4O8/c1-4-6-14-28(44)39-25(3)31(26-12-8-7-9-13-26)49-36(47)29-30-34(45)42(16-10-11-21-43)33(37(30)24-27(38)32(29)50-37)35(46)41(15-5-2)18-17-40-19-22-48-23-20-40/h4-5,7-9,12-13,25,27,29-33,43H,1-2,6,10-11,14-24H2,3H3,(H,39,44)/t25-,27?,29-,30+,31-,32-,33-,37+/m1/s1. The topological polar surface area (TPSA) is 138 Å². The van der Waals surface area contributed by atoms with Gasteiger partial charge < -0.3 is 34.4 Å². The molecule has 1 aromatic carbocycles. The fourth-order valence-corrected chi connectivity index (χ4v) is 8.90. The van der Waals surface area contributed by atoms with Gasteiger partial charge in [0.1, 0.15) is 17.7 Å². The first-order chi connectivity index (χ1) is 24.2. The van der Waals surface area contributed by atoms with Crippen LogP contribution in [0, 0.1) is 11.8 Å². The molecule has 13 heteroatoms. The quantitative estimate of drug-likeness (QED) is 0.100. The van der Waals surface area contributed by atoms with Gasteiger partial charge in [-0.05, 0) is 38.2 Å². The van der Waals surface area contributed by atoms with E-state index in [0.717, 1.165) is 13.1 Å².